The van der Waals surface area contributed by atoms with Crippen LogP contribution in [0.5, 0.6) is 23.0 Å². The van der Waals surface area contributed by atoms with E-state index >= 15 is 0 Å². The van der Waals surface area contributed by atoms with Crippen LogP contribution in [0.3, 0.4) is 0 Å². The van der Waals surface area contributed by atoms with Gasteiger partial charge in [0, 0.05) is 6.54 Å². The molecule has 158 valence electrons. The van der Waals surface area contributed by atoms with Gasteiger partial charge in [0.1, 0.15) is 12.4 Å². The number of ether oxygens (including phenoxy) is 4. The van der Waals surface area contributed by atoms with E-state index in [1.165, 1.54) is 0 Å². The van der Waals surface area contributed by atoms with Gasteiger partial charge in [0.2, 0.25) is 0 Å². The van der Waals surface area contributed by atoms with Gasteiger partial charge in [-0.25, -0.2) is 0 Å². The highest BCUT2D eigenvalue weighted by Crippen LogP contribution is 2.28. The molecular weight excluding hydrogens is 386 g/mol. The predicted octanol–water partition coefficient (Wildman–Crippen LogP) is 3.86. The van der Waals surface area contributed by atoms with Crippen molar-refractivity contribution in [3.63, 3.8) is 0 Å². The van der Waals surface area contributed by atoms with Gasteiger partial charge >= 0.3 is 0 Å². The molecule has 2 aromatic carbocycles. The second-order valence-corrected chi connectivity index (χ2v) is 6.40. The van der Waals surface area contributed by atoms with E-state index in [1.807, 2.05) is 42.5 Å². The second-order valence-electron chi connectivity index (χ2n) is 6.40. The Morgan fingerprint density at radius 2 is 1.57 bits per heavy atom. The fourth-order valence-electron chi connectivity index (χ4n) is 2.91. The van der Waals surface area contributed by atoms with Crippen LogP contribution in [0.15, 0.2) is 59.0 Å². The van der Waals surface area contributed by atoms with Crippen LogP contribution in [0, 0.1) is 0 Å². The fraction of sp³-hybridized carbons (Fsp3) is 0.261. The summed E-state index contributed by atoms with van der Waals surface area (Å²) in [5, 5.41) is 2.85. The number of benzene rings is 2. The summed E-state index contributed by atoms with van der Waals surface area (Å²) in [6, 6.07) is 16.4. The normalized spacial score (nSPS) is 10.4. The first-order chi connectivity index (χ1) is 14.6. The Kier molecular flexibility index (Phi) is 7.21. The minimum atomic E-state index is -0.279. The van der Waals surface area contributed by atoms with E-state index in [4.69, 9.17) is 23.4 Å². The van der Waals surface area contributed by atoms with Crippen LogP contribution < -0.4 is 24.3 Å². The first-order valence-electron chi connectivity index (χ1n) is 9.48. The van der Waals surface area contributed by atoms with Crippen LogP contribution in [-0.2, 0) is 13.0 Å². The van der Waals surface area contributed by atoms with Crippen molar-refractivity contribution in [1.82, 2.24) is 5.32 Å². The van der Waals surface area contributed by atoms with E-state index in [9.17, 15) is 4.79 Å². The molecular formula is C23H25NO6. The molecule has 3 rings (SSSR count). The fourth-order valence-corrected chi connectivity index (χ4v) is 2.91. The third-order valence-corrected chi connectivity index (χ3v) is 4.47. The summed E-state index contributed by atoms with van der Waals surface area (Å²) in [4.78, 5) is 12.3. The number of methoxy groups -OCH3 is 3. The minimum absolute atomic E-state index is 0.194. The summed E-state index contributed by atoms with van der Waals surface area (Å²) in [5.74, 6) is 3.08. The topological polar surface area (TPSA) is 79.2 Å². The Hall–Kier alpha value is -3.61. The number of amides is 1. The second kappa shape index (κ2) is 10.2. The lowest BCUT2D eigenvalue weighted by atomic mass is 10.1. The van der Waals surface area contributed by atoms with Crippen LogP contribution in [0.1, 0.15) is 21.9 Å². The maximum Gasteiger partial charge on any atom is 0.287 e. The molecule has 0 aliphatic heterocycles. The molecule has 0 bridgehead atoms. The predicted molar refractivity (Wildman–Crippen MR) is 112 cm³/mol. The molecule has 1 heterocycles. The lowest BCUT2D eigenvalue weighted by Crippen LogP contribution is -2.25. The lowest BCUT2D eigenvalue weighted by Gasteiger charge is -2.10. The van der Waals surface area contributed by atoms with E-state index in [-0.39, 0.29) is 18.3 Å². The molecule has 30 heavy (non-hydrogen) atoms. The highest BCUT2D eigenvalue weighted by molar-refractivity contribution is 5.91. The van der Waals surface area contributed by atoms with Crippen molar-refractivity contribution in [3.05, 3.63) is 71.7 Å². The van der Waals surface area contributed by atoms with Gasteiger partial charge in [-0.05, 0) is 48.4 Å². The molecule has 0 spiro atoms. The molecule has 0 unspecified atom stereocenters. The molecule has 0 aliphatic carbocycles. The molecule has 7 heteroatoms. The van der Waals surface area contributed by atoms with Crippen molar-refractivity contribution >= 4 is 5.91 Å². The largest absolute Gasteiger partial charge is 0.493 e. The van der Waals surface area contributed by atoms with Crippen LogP contribution in [-0.4, -0.2) is 33.8 Å². The van der Waals surface area contributed by atoms with Gasteiger partial charge in [-0.15, -0.1) is 0 Å². The first-order valence-corrected chi connectivity index (χ1v) is 9.48. The summed E-state index contributed by atoms with van der Waals surface area (Å²) in [6.45, 7) is 0.654. The zero-order valence-corrected chi connectivity index (χ0v) is 17.3. The molecule has 1 aromatic heterocycles. The zero-order valence-electron chi connectivity index (χ0n) is 17.3. The molecule has 0 saturated heterocycles. The Labute approximate surface area is 175 Å². The van der Waals surface area contributed by atoms with E-state index in [0.717, 1.165) is 5.56 Å². The van der Waals surface area contributed by atoms with Crippen LogP contribution in [0.25, 0.3) is 0 Å². The molecule has 0 fully saturated rings. The average Bonchev–Trinajstić information content (AvgIpc) is 3.27. The van der Waals surface area contributed by atoms with E-state index < -0.39 is 0 Å². The first kappa shape index (κ1) is 21.1. The van der Waals surface area contributed by atoms with Crippen LogP contribution in [0.2, 0.25) is 0 Å². The number of furan rings is 1. The van der Waals surface area contributed by atoms with Gasteiger partial charge in [-0.1, -0.05) is 18.2 Å². The summed E-state index contributed by atoms with van der Waals surface area (Å²) in [7, 11) is 4.77. The molecule has 3 aromatic rings. The van der Waals surface area contributed by atoms with Gasteiger partial charge in [-0.2, -0.15) is 0 Å². The maximum atomic E-state index is 12.3. The summed E-state index contributed by atoms with van der Waals surface area (Å²) in [6.07, 6.45) is 0.649. The third-order valence-electron chi connectivity index (χ3n) is 4.47. The Morgan fingerprint density at radius 3 is 2.30 bits per heavy atom. The molecule has 0 radical (unpaired) electrons. The Morgan fingerprint density at radius 1 is 0.867 bits per heavy atom. The van der Waals surface area contributed by atoms with Crippen molar-refractivity contribution in [2.24, 2.45) is 0 Å². The van der Waals surface area contributed by atoms with Gasteiger partial charge in [0.05, 0.1) is 21.3 Å². The van der Waals surface area contributed by atoms with Crippen molar-refractivity contribution in [2.45, 2.75) is 13.0 Å². The van der Waals surface area contributed by atoms with E-state index in [1.54, 1.807) is 33.5 Å². The average molecular weight is 411 g/mol. The maximum absolute atomic E-state index is 12.3. The van der Waals surface area contributed by atoms with E-state index in [0.29, 0.717) is 41.7 Å². The standard InChI is InChI=1S/C23H25NO6/c1-26-18-6-4-5-7-20(18)29-15-17-9-11-21(30-17)23(25)24-13-12-16-8-10-19(27-2)22(14-16)28-3/h4-11,14H,12-13,15H2,1-3H3,(H,24,25). The molecule has 0 aliphatic rings. The number of hydrogen-bond donors (Lipinski definition) is 1. The third kappa shape index (κ3) is 5.26. The van der Waals surface area contributed by atoms with Crippen molar-refractivity contribution in [3.8, 4) is 23.0 Å². The monoisotopic (exact) mass is 411 g/mol. The summed E-state index contributed by atoms with van der Waals surface area (Å²) in [5.41, 5.74) is 1.03. The number of carbonyl (C=O) groups is 1. The quantitative estimate of drug-likeness (QED) is 0.546. The summed E-state index contributed by atoms with van der Waals surface area (Å²) < 4.78 is 27.1. The highest BCUT2D eigenvalue weighted by atomic mass is 16.5. The number of hydrogen-bond acceptors (Lipinski definition) is 6. The van der Waals surface area contributed by atoms with Gasteiger partial charge in [-0.3, -0.25) is 4.79 Å². The minimum Gasteiger partial charge on any atom is -0.493 e. The smallest absolute Gasteiger partial charge is 0.287 e. The molecule has 0 saturated carbocycles. The highest BCUT2D eigenvalue weighted by Gasteiger charge is 2.12. The van der Waals surface area contributed by atoms with Gasteiger partial charge < -0.3 is 28.7 Å². The van der Waals surface area contributed by atoms with Crippen molar-refractivity contribution in [2.75, 3.05) is 27.9 Å². The SMILES string of the molecule is COc1ccc(CCNC(=O)c2ccc(COc3ccccc3OC)o2)cc1OC. The van der Waals surface area contributed by atoms with Crippen LogP contribution in [0.4, 0.5) is 0 Å². The van der Waals surface area contributed by atoms with Gasteiger partial charge in [0.25, 0.3) is 5.91 Å². The molecule has 1 N–H and O–H groups in total. The molecule has 1 amide bonds. The number of para-hydroxylation sites is 2. The number of rotatable bonds is 10. The van der Waals surface area contributed by atoms with Crippen molar-refractivity contribution < 1.29 is 28.2 Å². The Balaban J connectivity index is 1.50. The van der Waals surface area contributed by atoms with Crippen molar-refractivity contribution in [1.29, 1.82) is 0 Å². The lowest BCUT2D eigenvalue weighted by molar-refractivity contribution is 0.0922. The Bertz CT molecular complexity index is 981. The molecule has 7 nitrogen and oxygen atoms in total. The number of nitrogens with one attached hydrogen (secondary N) is 1. The zero-order chi connectivity index (χ0) is 21.3. The van der Waals surface area contributed by atoms with Gasteiger partial charge in [0.15, 0.2) is 28.8 Å². The summed E-state index contributed by atoms with van der Waals surface area (Å²) >= 11 is 0. The molecule has 0 atom stereocenters. The number of carbonyl (C=O) groups excluding carboxylic acids is 1. The van der Waals surface area contributed by atoms with E-state index in [2.05, 4.69) is 5.32 Å². The van der Waals surface area contributed by atoms with Crippen LogP contribution >= 0.6 is 0 Å².